The average Bonchev–Trinajstić information content (AvgIpc) is 2.48. The number of amides is 1. The lowest BCUT2D eigenvalue weighted by molar-refractivity contribution is -0.151. The van der Waals surface area contributed by atoms with Crippen molar-refractivity contribution in [1.82, 2.24) is 10.6 Å². The zero-order chi connectivity index (χ0) is 17.3. The fraction of sp³-hybridized carbons (Fsp3) is 0.824. The fourth-order valence-electron chi connectivity index (χ4n) is 5.49. The van der Waals surface area contributed by atoms with E-state index in [1.54, 1.807) is 0 Å². The van der Waals surface area contributed by atoms with E-state index in [1.807, 2.05) is 0 Å². The summed E-state index contributed by atoms with van der Waals surface area (Å²) in [5, 5.41) is 22.0. The second kappa shape index (κ2) is 6.61. The first-order valence-electron chi connectivity index (χ1n) is 8.99. The topological polar surface area (TPSA) is 128 Å². The molecule has 4 saturated carbocycles. The van der Waals surface area contributed by atoms with Crippen LogP contribution in [0.5, 0.6) is 0 Å². The second-order valence-corrected chi connectivity index (χ2v) is 8.04. The van der Waals surface area contributed by atoms with Crippen molar-refractivity contribution in [3.05, 3.63) is 0 Å². The zero-order valence-corrected chi connectivity index (χ0v) is 14.0. The third kappa shape index (κ3) is 3.49. The molecule has 0 unspecified atom stereocenters. The molecule has 4 aliphatic rings. The Kier molecular flexibility index (Phi) is 4.69. The number of carboxylic acid groups (broad SMARTS) is 1. The molecule has 24 heavy (non-hydrogen) atoms. The smallest absolute Gasteiger partial charge is 0.326 e. The van der Waals surface area contributed by atoms with Crippen molar-refractivity contribution in [2.24, 2.45) is 28.9 Å². The van der Waals surface area contributed by atoms with E-state index in [4.69, 9.17) is 11.1 Å². The molecule has 4 fully saturated rings. The molecule has 0 spiro atoms. The first kappa shape index (κ1) is 17.0. The summed E-state index contributed by atoms with van der Waals surface area (Å²) >= 11 is 0. The number of aliphatic carboxylic acids is 1. The SMILES string of the molecule is N=C(N)NCCC[C@H](NC(=O)C12CC3CC(CC(C3)C1)C2)C(=O)O. The van der Waals surface area contributed by atoms with Gasteiger partial charge in [-0.25, -0.2) is 4.79 Å². The van der Waals surface area contributed by atoms with E-state index in [2.05, 4.69) is 10.6 Å². The van der Waals surface area contributed by atoms with Gasteiger partial charge in [0.05, 0.1) is 0 Å². The Balaban J connectivity index is 1.57. The summed E-state index contributed by atoms with van der Waals surface area (Å²) < 4.78 is 0. The minimum absolute atomic E-state index is 0.0477. The summed E-state index contributed by atoms with van der Waals surface area (Å²) in [5.41, 5.74) is 4.89. The Hall–Kier alpha value is -1.79. The van der Waals surface area contributed by atoms with Crippen LogP contribution in [0.25, 0.3) is 0 Å². The van der Waals surface area contributed by atoms with Gasteiger partial charge in [-0.1, -0.05) is 0 Å². The molecular formula is C17H28N4O3. The van der Waals surface area contributed by atoms with Crippen molar-refractivity contribution >= 4 is 17.8 Å². The summed E-state index contributed by atoms with van der Waals surface area (Å²) in [6.07, 6.45) is 7.45. The molecule has 4 aliphatic carbocycles. The van der Waals surface area contributed by atoms with Gasteiger partial charge in [-0.05, 0) is 69.1 Å². The van der Waals surface area contributed by atoms with Crippen molar-refractivity contribution < 1.29 is 14.7 Å². The highest BCUT2D eigenvalue weighted by molar-refractivity contribution is 5.87. The van der Waals surface area contributed by atoms with Gasteiger partial charge in [0.15, 0.2) is 5.96 Å². The van der Waals surface area contributed by atoms with Crippen LogP contribution >= 0.6 is 0 Å². The quantitative estimate of drug-likeness (QED) is 0.269. The Morgan fingerprint density at radius 1 is 1.17 bits per heavy atom. The van der Waals surface area contributed by atoms with Gasteiger partial charge in [-0.3, -0.25) is 10.2 Å². The maximum atomic E-state index is 12.9. The Bertz CT molecular complexity index is 499. The number of hydrogen-bond donors (Lipinski definition) is 5. The number of carbonyl (C=O) groups is 2. The van der Waals surface area contributed by atoms with E-state index in [1.165, 1.54) is 19.3 Å². The van der Waals surface area contributed by atoms with Gasteiger partial charge in [0, 0.05) is 12.0 Å². The summed E-state index contributed by atoms with van der Waals surface area (Å²) in [7, 11) is 0. The molecule has 4 bridgehead atoms. The summed E-state index contributed by atoms with van der Waals surface area (Å²) in [4.78, 5) is 24.4. The number of guanidine groups is 1. The van der Waals surface area contributed by atoms with Crippen LogP contribution in [-0.2, 0) is 9.59 Å². The second-order valence-electron chi connectivity index (χ2n) is 8.04. The van der Waals surface area contributed by atoms with E-state index >= 15 is 0 Å². The van der Waals surface area contributed by atoms with E-state index in [0.717, 1.165) is 19.3 Å². The van der Waals surface area contributed by atoms with E-state index in [0.29, 0.717) is 37.1 Å². The number of rotatable bonds is 7. The summed E-state index contributed by atoms with van der Waals surface area (Å²) in [5.74, 6) is 0.809. The van der Waals surface area contributed by atoms with E-state index < -0.39 is 12.0 Å². The molecule has 0 aromatic carbocycles. The van der Waals surface area contributed by atoms with E-state index in [-0.39, 0.29) is 17.3 Å². The minimum Gasteiger partial charge on any atom is -0.480 e. The predicted molar refractivity (Wildman–Crippen MR) is 89.3 cm³/mol. The molecule has 0 saturated heterocycles. The van der Waals surface area contributed by atoms with Gasteiger partial charge in [-0.2, -0.15) is 0 Å². The summed E-state index contributed by atoms with van der Waals surface area (Å²) in [6, 6.07) is -0.862. The standard InChI is InChI=1S/C17H28N4O3/c18-16(19)20-3-1-2-13(14(22)23)21-15(24)17-7-10-4-11(8-17)6-12(5-10)9-17/h10-13H,1-9H2,(H,21,24)(H,22,23)(H4,18,19,20)/t10?,11?,12?,13-,17?/m0/s1. The normalized spacial score (nSPS) is 34.6. The highest BCUT2D eigenvalue weighted by atomic mass is 16.4. The number of carbonyl (C=O) groups excluding carboxylic acids is 1. The molecule has 6 N–H and O–H groups in total. The van der Waals surface area contributed by atoms with Crippen LogP contribution in [-0.4, -0.2) is 35.5 Å². The van der Waals surface area contributed by atoms with Gasteiger partial charge in [0.2, 0.25) is 5.91 Å². The maximum absolute atomic E-state index is 12.9. The highest BCUT2D eigenvalue weighted by Crippen LogP contribution is 2.60. The van der Waals surface area contributed by atoms with Crippen LogP contribution in [0.3, 0.4) is 0 Å². The molecule has 0 aromatic heterocycles. The fourth-order valence-corrected chi connectivity index (χ4v) is 5.49. The number of hydrogen-bond acceptors (Lipinski definition) is 3. The maximum Gasteiger partial charge on any atom is 0.326 e. The molecule has 0 aliphatic heterocycles. The first-order valence-corrected chi connectivity index (χ1v) is 8.99. The lowest BCUT2D eigenvalue weighted by Crippen LogP contribution is -2.56. The van der Waals surface area contributed by atoms with Crippen LogP contribution in [0, 0.1) is 28.6 Å². The monoisotopic (exact) mass is 336 g/mol. The van der Waals surface area contributed by atoms with Gasteiger partial charge < -0.3 is 21.5 Å². The summed E-state index contributed by atoms with van der Waals surface area (Å²) in [6.45, 7) is 0.437. The number of nitrogens with two attached hydrogens (primary N) is 1. The van der Waals surface area contributed by atoms with Crippen LogP contribution < -0.4 is 16.4 Å². The zero-order valence-electron chi connectivity index (χ0n) is 14.0. The third-order valence-electron chi connectivity index (χ3n) is 6.11. The van der Waals surface area contributed by atoms with Crippen molar-refractivity contribution in [3.63, 3.8) is 0 Å². The van der Waals surface area contributed by atoms with Gasteiger partial charge in [0.1, 0.15) is 6.04 Å². The predicted octanol–water partition coefficient (Wildman–Crippen LogP) is 1.04. The highest BCUT2D eigenvalue weighted by Gasteiger charge is 2.54. The van der Waals surface area contributed by atoms with E-state index in [9.17, 15) is 14.7 Å². The number of carboxylic acids is 1. The molecular weight excluding hydrogens is 308 g/mol. The van der Waals surface area contributed by atoms with Crippen LogP contribution in [0.15, 0.2) is 0 Å². The molecule has 0 aromatic rings. The van der Waals surface area contributed by atoms with Crippen LogP contribution in [0.2, 0.25) is 0 Å². The first-order chi connectivity index (χ1) is 11.4. The Morgan fingerprint density at radius 2 is 1.71 bits per heavy atom. The van der Waals surface area contributed by atoms with Crippen molar-refractivity contribution in [3.8, 4) is 0 Å². The van der Waals surface area contributed by atoms with Gasteiger partial charge in [0.25, 0.3) is 0 Å². The minimum atomic E-state index is -0.990. The third-order valence-corrected chi connectivity index (χ3v) is 6.11. The van der Waals surface area contributed by atoms with Crippen LogP contribution in [0.4, 0.5) is 0 Å². The lowest BCUT2D eigenvalue weighted by Gasteiger charge is -2.55. The number of nitrogens with one attached hydrogen (secondary N) is 3. The molecule has 1 amide bonds. The van der Waals surface area contributed by atoms with Crippen molar-refractivity contribution in [1.29, 1.82) is 5.41 Å². The molecule has 7 nitrogen and oxygen atoms in total. The average molecular weight is 336 g/mol. The molecule has 1 atom stereocenters. The Morgan fingerprint density at radius 3 is 2.17 bits per heavy atom. The molecule has 0 heterocycles. The van der Waals surface area contributed by atoms with Crippen molar-refractivity contribution in [2.75, 3.05) is 6.54 Å². The molecule has 134 valence electrons. The Labute approximate surface area is 142 Å². The largest absolute Gasteiger partial charge is 0.480 e. The molecule has 4 rings (SSSR count). The molecule has 0 radical (unpaired) electrons. The van der Waals surface area contributed by atoms with Gasteiger partial charge >= 0.3 is 5.97 Å². The van der Waals surface area contributed by atoms with Crippen LogP contribution in [0.1, 0.15) is 51.4 Å². The molecule has 7 heteroatoms. The van der Waals surface area contributed by atoms with Crippen molar-refractivity contribution in [2.45, 2.75) is 57.4 Å². The lowest BCUT2D eigenvalue weighted by atomic mass is 9.49. The van der Waals surface area contributed by atoms with Gasteiger partial charge in [-0.15, -0.1) is 0 Å².